The fourth-order valence-corrected chi connectivity index (χ4v) is 5.17. The van der Waals surface area contributed by atoms with E-state index in [9.17, 15) is 9.59 Å². The van der Waals surface area contributed by atoms with E-state index in [2.05, 4.69) is 5.32 Å². The Balaban J connectivity index is 1.81. The zero-order valence-electron chi connectivity index (χ0n) is 19.3. The maximum atomic E-state index is 13.5. The smallest absolute Gasteiger partial charge is 0.242 e. The van der Waals surface area contributed by atoms with Gasteiger partial charge in [-0.1, -0.05) is 89.4 Å². The van der Waals surface area contributed by atoms with Gasteiger partial charge in [0.05, 0.1) is 5.75 Å². The predicted molar refractivity (Wildman–Crippen MR) is 142 cm³/mol. The van der Waals surface area contributed by atoms with Crippen LogP contribution in [0.3, 0.4) is 0 Å². The number of aryl methyl sites for hydroxylation is 1. The topological polar surface area (TPSA) is 49.4 Å². The maximum Gasteiger partial charge on any atom is 0.242 e. The number of nitrogens with zero attached hydrogens (tertiary/aromatic N) is 1. The van der Waals surface area contributed by atoms with Crippen LogP contribution in [0.25, 0.3) is 0 Å². The lowest BCUT2D eigenvalue weighted by Gasteiger charge is -2.31. The van der Waals surface area contributed by atoms with Crippen LogP contribution in [-0.4, -0.2) is 35.6 Å². The van der Waals surface area contributed by atoms with Gasteiger partial charge in [-0.3, -0.25) is 9.59 Å². The summed E-state index contributed by atoms with van der Waals surface area (Å²) in [6.07, 6.45) is 0.436. The number of halogens is 2. The van der Waals surface area contributed by atoms with E-state index in [-0.39, 0.29) is 17.6 Å². The molecule has 1 N–H and O–H groups in total. The number of hydrogen-bond donors (Lipinski definition) is 1. The van der Waals surface area contributed by atoms with E-state index in [0.29, 0.717) is 28.8 Å². The molecule has 0 aliphatic heterocycles. The minimum Gasteiger partial charge on any atom is -0.357 e. The second-order valence-electron chi connectivity index (χ2n) is 8.06. The Hall–Kier alpha value is -2.47. The molecule has 0 aromatic heterocycles. The molecule has 34 heavy (non-hydrogen) atoms. The van der Waals surface area contributed by atoms with Gasteiger partial charge in [0.1, 0.15) is 6.04 Å². The normalized spacial score (nSPS) is 11.6. The van der Waals surface area contributed by atoms with E-state index in [4.69, 9.17) is 23.2 Å². The third-order valence-electron chi connectivity index (χ3n) is 5.45. The Kier molecular flexibility index (Phi) is 9.87. The second-order valence-corrected chi connectivity index (χ2v) is 9.89. The van der Waals surface area contributed by atoms with Gasteiger partial charge in [0.15, 0.2) is 0 Å². The van der Waals surface area contributed by atoms with E-state index in [1.54, 1.807) is 24.1 Å². The van der Waals surface area contributed by atoms with Crippen molar-refractivity contribution in [3.05, 3.63) is 105 Å². The molecule has 0 spiro atoms. The van der Waals surface area contributed by atoms with Crippen molar-refractivity contribution in [2.75, 3.05) is 12.8 Å². The molecule has 0 heterocycles. The Morgan fingerprint density at radius 2 is 1.71 bits per heavy atom. The van der Waals surface area contributed by atoms with Crippen LogP contribution in [0.4, 0.5) is 0 Å². The molecule has 0 unspecified atom stereocenters. The van der Waals surface area contributed by atoms with E-state index in [1.165, 1.54) is 11.8 Å². The van der Waals surface area contributed by atoms with E-state index in [0.717, 1.165) is 22.3 Å². The summed E-state index contributed by atoms with van der Waals surface area (Å²) in [6.45, 7) is 2.37. The Morgan fingerprint density at radius 1 is 0.971 bits per heavy atom. The summed E-state index contributed by atoms with van der Waals surface area (Å²) in [4.78, 5) is 28.1. The fourth-order valence-electron chi connectivity index (χ4n) is 3.70. The molecular weight excluding hydrogens is 487 g/mol. The molecular formula is C27H28Cl2N2O2S. The minimum atomic E-state index is -0.625. The van der Waals surface area contributed by atoms with E-state index in [1.807, 2.05) is 67.6 Å². The number of nitrogens with one attached hydrogen (secondary N) is 1. The van der Waals surface area contributed by atoms with Crippen molar-refractivity contribution in [2.24, 2.45) is 0 Å². The van der Waals surface area contributed by atoms with Gasteiger partial charge in [0, 0.05) is 35.8 Å². The predicted octanol–water partition coefficient (Wildman–Crippen LogP) is 5.92. The number of carbonyl (C=O) groups excluding carboxylic acids is 2. The van der Waals surface area contributed by atoms with Crippen LogP contribution >= 0.6 is 35.0 Å². The summed E-state index contributed by atoms with van der Waals surface area (Å²) in [6, 6.07) is 22.5. The van der Waals surface area contributed by atoms with Gasteiger partial charge in [-0.15, -0.1) is 11.8 Å². The zero-order chi connectivity index (χ0) is 24.5. The monoisotopic (exact) mass is 514 g/mol. The van der Waals surface area contributed by atoms with Crippen LogP contribution < -0.4 is 5.32 Å². The summed E-state index contributed by atoms with van der Waals surface area (Å²) >= 11 is 13.7. The van der Waals surface area contributed by atoms with Crippen LogP contribution in [0.2, 0.25) is 10.0 Å². The lowest BCUT2D eigenvalue weighted by atomic mass is 10.0. The van der Waals surface area contributed by atoms with Crippen molar-refractivity contribution < 1.29 is 9.59 Å². The summed E-state index contributed by atoms with van der Waals surface area (Å²) in [7, 11) is 1.60. The summed E-state index contributed by atoms with van der Waals surface area (Å²) in [5.74, 6) is 0.521. The van der Waals surface area contributed by atoms with Crippen LogP contribution in [0.15, 0.2) is 72.8 Å². The van der Waals surface area contributed by atoms with Gasteiger partial charge in [0.2, 0.25) is 11.8 Å². The molecule has 0 aliphatic rings. The minimum absolute atomic E-state index is 0.0962. The lowest BCUT2D eigenvalue weighted by Crippen LogP contribution is -2.50. The van der Waals surface area contributed by atoms with Gasteiger partial charge in [0.25, 0.3) is 0 Å². The van der Waals surface area contributed by atoms with Gasteiger partial charge in [-0.05, 0) is 35.7 Å². The van der Waals surface area contributed by atoms with Crippen molar-refractivity contribution in [2.45, 2.75) is 31.7 Å². The number of likely N-dealkylation sites (N-methyl/N-ethyl adjacent to an activating group) is 1. The standard InChI is InChI=1S/C27H28Cl2N2O2S/c1-19-7-6-10-21(13-19)16-31(25(27(33)30-2)14-20-8-4-3-5-9-20)26(32)18-34-17-22-11-12-23(28)15-24(22)29/h3-13,15,25H,14,16-18H2,1-2H3,(H,30,33)/t25-/m0/s1. The first-order chi connectivity index (χ1) is 16.4. The molecule has 3 aromatic carbocycles. The molecule has 0 radical (unpaired) electrons. The highest BCUT2D eigenvalue weighted by atomic mass is 35.5. The first-order valence-corrected chi connectivity index (χ1v) is 12.9. The molecule has 0 saturated carbocycles. The average molecular weight is 516 g/mol. The largest absolute Gasteiger partial charge is 0.357 e. The van der Waals surface area contributed by atoms with E-state index < -0.39 is 6.04 Å². The average Bonchev–Trinajstić information content (AvgIpc) is 2.83. The number of thioether (sulfide) groups is 1. The molecule has 7 heteroatoms. The molecule has 3 aromatic rings. The summed E-state index contributed by atoms with van der Waals surface area (Å²) in [5.41, 5.74) is 4.01. The highest BCUT2D eigenvalue weighted by Crippen LogP contribution is 2.25. The number of benzene rings is 3. The fraction of sp³-hybridized carbons (Fsp3) is 0.259. The molecule has 178 valence electrons. The highest BCUT2D eigenvalue weighted by Gasteiger charge is 2.29. The van der Waals surface area contributed by atoms with Gasteiger partial charge < -0.3 is 10.2 Å². The molecule has 0 fully saturated rings. The third kappa shape index (κ3) is 7.52. The van der Waals surface area contributed by atoms with Crippen LogP contribution in [0, 0.1) is 6.92 Å². The number of hydrogen-bond acceptors (Lipinski definition) is 3. The number of amides is 2. The van der Waals surface area contributed by atoms with Crippen molar-refractivity contribution in [1.29, 1.82) is 0 Å². The summed E-state index contributed by atoms with van der Waals surface area (Å²) < 4.78 is 0. The zero-order valence-corrected chi connectivity index (χ0v) is 21.6. The highest BCUT2D eigenvalue weighted by molar-refractivity contribution is 7.99. The molecule has 0 bridgehead atoms. The quantitative estimate of drug-likeness (QED) is 0.365. The Labute approximate surface area is 215 Å². The third-order valence-corrected chi connectivity index (χ3v) is 7.00. The molecule has 2 amide bonds. The van der Waals surface area contributed by atoms with Crippen molar-refractivity contribution in [1.82, 2.24) is 10.2 Å². The van der Waals surface area contributed by atoms with E-state index >= 15 is 0 Å². The molecule has 4 nitrogen and oxygen atoms in total. The molecule has 0 saturated heterocycles. The van der Waals surface area contributed by atoms with Crippen LogP contribution in [0.1, 0.15) is 22.3 Å². The van der Waals surface area contributed by atoms with Crippen LogP contribution in [-0.2, 0) is 28.3 Å². The number of carbonyl (C=O) groups is 2. The molecule has 1 atom stereocenters. The van der Waals surface area contributed by atoms with Crippen LogP contribution in [0.5, 0.6) is 0 Å². The number of rotatable bonds is 10. The first-order valence-electron chi connectivity index (χ1n) is 11.0. The van der Waals surface area contributed by atoms with Crippen molar-refractivity contribution >= 4 is 46.8 Å². The molecule has 0 aliphatic carbocycles. The van der Waals surface area contributed by atoms with Gasteiger partial charge in [-0.2, -0.15) is 0 Å². The van der Waals surface area contributed by atoms with Gasteiger partial charge >= 0.3 is 0 Å². The maximum absolute atomic E-state index is 13.5. The first kappa shape index (κ1) is 26.1. The SMILES string of the molecule is CNC(=O)[C@H](Cc1ccccc1)N(Cc1cccc(C)c1)C(=O)CSCc1ccc(Cl)cc1Cl. The Morgan fingerprint density at radius 3 is 2.38 bits per heavy atom. The van der Waals surface area contributed by atoms with Gasteiger partial charge in [-0.25, -0.2) is 0 Å². The Bertz CT molecular complexity index is 1120. The summed E-state index contributed by atoms with van der Waals surface area (Å²) in [5, 5.41) is 3.90. The molecule has 3 rings (SSSR count). The van der Waals surface area contributed by atoms with Crippen molar-refractivity contribution in [3.8, 4) is 0 Å². The lowest BCUT2D eigenvalue weighted by molar-refractivity contribution is -0.139. The second kappa shape index (κ2) is 12.8. The van der Waals surface area contributed by atoms with Crippen molar-refractivity contribution in [3.63, 3.8) is 0 Å².